The number of methoxy groups -OCH3 is 1. The standard InChI is InChI=1S/C14H25N3O/c1-5-8-16-13(11(6-2)18-4)12-10(3)7-9-17-14(12)15/h7,9,11,13,16H,5-6,8H2,1-4H3,(H2,15,17). The first-order chi connectivity index (χ1) is 8.65. The van der Waals surface area contributed by atoms with Crippen molar-refractivity contribution in [2.24, 2.45) is 0 Å². The van der Waals surface area contributed by atoms with Crippen molar-refractivity contribution < 1.29 is 4.74 Å². The lowest BCUT2D eigenvalue weighted by Gasteiger charge is -2.28. The Kier molecular flexibility index (Phi) is 6.09. The van der Waals surface area contributed by atoms with Crippen molar-refractivity contribution in [1.29, 1.82) is 0 Å². The molecule has 0 bridgehead atoms. The molecule has 3 N–H and O–H groups in total. The lowest BCUT2D eigenvalue weighted by molar-refractivity contribution is 0.0650. The van der Waals surface area contributed by atoms with Gasteiger partial charge in [-0.15, -0.1) is 0 Å². The van der Waals surface area contributed by atoms with E-state index in [4.69, 9.17) is 10.5 Å². The minimum atomic E-state index is 0.105. The second kappa shape index (κ2) is 7.34. The molecule has 0 aliphatic heterocycles. The summed E-state index contributed by atoms with van der Waals surface area (Å²) in [5.41, 5.74) is 8.26. The van der Waals surface area contributed by atoms with Gasteiger partial charge >= 0.3 is 0 Å². The Balaban J connectivity index is 3.08. The third-order valence-corrected chi connectivity index (χ3v) is 3.24. The lowest BCUT2D eigenvalue weighted by atomic mass is 9.96. The van der Waals surface area contributed by atoms with Gasteiger partial charge in [-0.05, 0) is 37.9 Å². The zero-order valence-corrected chi connectivity index (χ0v) is 11.9. The molecule has 0 aliphatic rings. The fourth-order valence-corrected chi connectivity index (χ4v) is 2.25. The number of nitrogens with two attached hydrogens (primary N) is 1. The van der Waals surface area contributed by atoms with Crippen LogP contribution in [0.4, 0.5) is 5.82 Å². The molecule has 102 valence electrons. The molecule has 0 spiro atoms. The highest BCUT2D eigenvalue weighted by Gasteiger charge is 2.24. The zero-order chi connectivity index (χ0) is 13.5. The summed E-state index contributed by atoms with van der Waals surface area (Å²) in [7, 11) is 1.75. The van der Waals surface area contributed by atoms with Gasteiger partial charge in [-0.25, -0.2) is 4.98 Å². The molecule has 0 amide bonds. The van der Waals surface area contributed by atoms with Crippen LogP contribution in [0.25, 0.3) is 0 Å². The Hall–Kier alpha value is -1.13. The fourth-order valence-electron chi connectivity index (χ4n) is 2.25. The van der Waals surface area contributed by atoms with Crippen molar-refractivity contribution in [3.63, 3.8) is 0 Å². The monoisotopic (exact) mass is 251 g/mol. The highest BCUT2D eigenvalue weighted by Crippen LogP contribution is 2.27. The number of ether oxygens (including phenoxy) is 1. The topological polar surface area (TPSA) is 60.2 Å². The Bertz CT molecular complexity index is 344. The van der Waals surface area contributed by atoms with Crippen molar-refractivity contribution >= 4 is 5.82 Å². The minimum absolute atomic E-state index is 0.105. The second-order valence-electron chi connectivity index (χ2n) is 4.54. The van der Waals surface area contributed by atoms with Gasteiger partial charge in [-0.1, -0.05) is 13.8 Å². The van der Waals surface area contributed by atoms with Gasteiger partial charge in [0.15, 0.2) is 0 Å². The molecule has 1 aromatic rings. The molecule has 1 aromatic heterocycles. The number of aryl methyl sites for hydroxylation is 1. The van der Waals surface area contributed by atoms with Gasteiger partial charge in [0, 0.05) is 18.9 Å². The maximum absolute atomic E-state index is 6.03. The fraction of sp³-hybridized carbons (Fsp3) is 0.643. The van der Waals surface area contributed by atoms with Gasteiger partial charge in [-0.2, -0.15) is 0 Å². The van der Waals surface area contributed by atoms with Gasteiger partial charge in [0.05, 0.1) is 12.1 Å². The van der Waals surface area contributed by atoms with Crippen molar-refractivity contribution in [3.8, 4) is 0 Å². The number of pyridine rings is 1. The smallest absolute Gasteiger partial charge is 0.128 e. The third kappa shape index (κ3) is 3.43. The molecule has 0 radical (unpaired) electrons. The summed E-state index contributed by atoms with van der Waals surface area (Å²) in [6, 6.07) is 2.10. The summed E-state index contributed by atoms with van der Waals surface area (Å²) in [5, 5.41) is 3.52. The van der Waals surface area contributed by atoms with E-state index in [0.717, 1.165) is 30.5 Å². The predicted octanol–water partition coefficient (Wildman–Crippen LogP) is 2.44. The van der Waals surface area contributed by atoms with Crippen LogP contribution in [0.5, 0.6) is 0 Å². The number of hydrogen-bond acceptors (Lipinski definition) is 4. The SMILES string of the molecule is CCCNC(c1c(C)ccnc1N)C(CC)OC. The quantitative estimate of drug-likeness (QED) is 0.781. The molecule has 1 heterocycles. The van der Waals surface area contributed by atoms with Crippen molar-refractivity contribution in [1.82, 2.24) is 10.3 Å². The number of nitrogens with zero attached hydrogens (tertiary/aromatic N) is 1. The molecule has 4 nitrogen and oxygen atoms in total. The van der Waals surface area contributed by atoms with E-state index in [-0.39, 0.29) is 12.1 Å². The largest absolute Gasteiger partial charge is 0.383 e. The van der Waals surface area contributed by atoms with E-state index in [2.05, 4.69) is 31.1 Å². The Labute approximate surface area is 110 Å². The van der Waals surface area contributed by atoms with Crippen LogP contribution >= 0.6 is 0 Å². The molecule has 0 aliphatic carbocycles. The van der Waals surface area contributed by atoms with E-state index in [1.807, 2.05) is 6.07 Å². The van der Waals surface area contributed by atoms with Gasteiger partial charge in [0.25, 0.3) is 0 Å². The van der Waals surface area contributed by atoms with E-state index in [1.165, 1.54) is 0 Å². The van der Waals surface area contributed by atoms with Crippen LogP contribution in [0.2, 0.25) is 0 Å². The maximum Gasteiger partial charge on any atom is 0.128 e. The van der Waals surface area contributed by atoms with Crippen LogP contribution in [-0.2, 0) is 4.74 Å². The van der Waals surface area contributed by atoms with Gasteiger partial charge in [-0.3, -0.25) is 0 Å². The molecule has 0 aromatic carbocycles. The van der Waals surface area contributed by atoms with Crippen LogP contribution in [0, 0.1) is 6.92 Å². The van der Waals surface area contributed by atoms with Crippen molar-refractivity contribution in [2.75, 3.05) is 19.4 Å². The number of anilines is 1. The first-order valence-corrected chi connectivity index (χ1v) is 6.62. The van der Waals surface area contributed by atoms with Crippen LogP contribution in [0.3, 0.4) is 0 Å². The number of aromatic nitrogens is 1. The summed E-state index contributed by atoms with van der Waals surface area (Å²) in [6.45, 7) is 7.28. The van der Waals surface area contributed by atoms with Crippen LogP contribution in [0.15, 0.2) is 12.3 Å². The summed E-state index contributed by atoms with van der Waals surface area (Å²) in [4.78, 5) is 4.20. The van der Waals surface area contributed by atoms with Crippen LogP contribution in [-0.4, -0.2) is 24.7 Å². The highest BCUT2D eigenvalue weighted by atomic mass is 16.5. The Morgan fingerprint density at radius 1 is 1.44 bits per heavy atom. The number of hydrogen-bond donors (Lipinski definition) is 2. The highest BCUT2D eigenvalue weighted by molar-refractivity contribution is 5.46. The summed E-state index contributed by atoms with van der Waals surface area (Å²) in [5.74, 6) is 0.596. The molecule has 4 heteroatoms. The Morgan fingerprint density at radius 2 is 2.17 bits per heavy atom. The number of nitrogen functional groups attached to an aromatic ring is 1. The lowest BCUT2D eigenvalue weighted by Crippen LogP contribution is -2.34. The molecular weight excluding hydrogens is 226 g/mol. The first-order valence-electron chi connectivity index (χ1n) is 6.62. The van der Waals surface area contributed by atoms with Gasteiger partial charge in [0.1, 0.15) is 5.82 Å². The van der Waals surface area contributed by atoms with Crippen LogP contribution in [0.1, 0.15) is 43.9 Å². The second-order valence-corrected chi connectivity index (χ2v) is 4.54. The summed E-state index contributed by atoms with van der Waals surface area (Å²) in [6.07, 6.45) is 3.88. The molecule has 0 fully saturated rings. The van der Waals surface area contributed by atoms with Crippen LogP contribution < -0.4 is 11.1 Å². The maximum atomic E-state index is 6.03. The molecular formula is C14H25N3O. The molecule has 2 atom stereocenters. The molecule has 0 saturated carbocycles. The molecule has 18 heavy (non-hydrogen) atoms. The van der Waals surface area contributed by atoms with Crippen molar-refractivity contribution in [2.45, 2.75) is 45.8 Å². The zero-order valence-electron chi connectivity index (χ0n) is 11.9. The molecule has 0 saturated heterocycles. The summed E-state index contributed by atoms with van der Waals surface area (Å²) >= 11 is 0. The van der Waals surface area contributed by atoms with E-state index in [1.54, 1.807) is 13.3 Å². The van der Waals surface area contributed by atoms with E-state index >= 15 is 0 Å². The molecule has 2 unspecified atom stereocenters. The van der Waals surface area contributed by atoms with E-state index in [0.29, 0.717) is 5.82 Å². The predicted molar refractivity (Wildman–Crippen MR) is 75.5 cm³/mol. The summed E-state index contributed by atoms with van der Waals surface area (Å²) < 4.78 is 5.58. The first kappa shape index (κ1) is 14.9. The molecule has 1 rings (SSSR count). The normalized spacial score (nSPS) is 14.4. The number of nitrogens with one attached hydrogen (secondary N) is 1. The minimum Gasteiger partial charge on any atom is -0.383 e. The van der Waals surface area contributed by atoms with Crippen molar-refractivity contribution in [3.05, 3.63) is 23.4 Å². The van der Waals surface area contributed by atoms with E-state index < -0.39 is 0 Å². The van der Waals surface area contributed by atoms with Gasteiger partial charge < -0.3 is 15.8 Å². The Morgan fingerprint density at radius 3 is 2.67 bits per heavy atom. The van der Waals surface area contributed by atoms with Gasteiger partial charge in [0.2, 0.25) is 0 Å². The average Bonchev–Trinajstić information content (AvgIpc) is 2.36. The number of rotatable bonds is 7. The van der Waals surface area contributed by atoms with E-state index in [9.17, 15) is 0 Å². The average molecular weight is 251 g/mol. The third-order valence-electron chi connectivity index (χ3n) is 3.24.